The molecular weight excluding hydrogens is 230 g/mol. The Balaban J connectivity index is 2.32. The number of esters is 1. The minimum Gasteiger partial charge on any atom is -0.459 e. The fourth-order valence-corrected chi connectivity index (χ4v) is 1.64. The standard InChI is InChI=1S/C14H21NO3/c1-11(10-17-2)18-14(16)13(15)9-8-12-6-4-3-5-7-12/h3-7,11,13H,8-10,15H2,1-2H3. The highest BCUT2D eigenvalue weighted by Crippen LogP contribution is 2.05. The van der Waals surface area contributed by atoms with E-state index >= 15 is 0 Å². The molecular formula is C14H21NO3. The van der Waals surface area contributed by atoms with Gasteiger partial charge in [0.15, 0.2) is 0 Å². The molecule has 2 N–H and O–H groups in total. The van der Waals surface area contributed by atoms with E-state index in [1.165, 1.54) is 5.56 Å². The molecule has 4 nitrogen and oxygen atoms in total. The molecule has 0 amide bonds. The first-order chi connectivity index (χ1) is 8.63. The van der Waals surface area contributed by atoms with E-state index in [1.807, 2.05) is 30.3 Å². The van der Waals surface area contributed by atoms with Crippen molar-refractivity contribution < 1.29 is 14.3 Å². The molecule has 0 saturated carbocycles. The Morgan fingerprint density at radius 2 is 2.00 bits per heavy atom. The smallest absolute Gasteiger partial charge is 0.323 e. The number of carbonyl (C=O) groups is 1. The third-order valence-corrected chi connectivity index (χ3v) is 2.61. The average molecular weight is 251 g/mol. The van der Waals surface area contributed by atoms with Crippen LogP contribution in [-0.2, 0) is 20.7 Å². The Morgan fingerprint density at radius 3 is 2.61 bits per heavy atom. The zero-order chi connectivity index (χ0) is 13.4. The molecule has 100 valence electrons. The largest absolute Gasteiger partial charge is 0.459 e. The lowest BCUT2D eigenvalue weighted by Gasteiger charge is -2.16. The summed E-state index contributed by atoms with van der Waals surface area (Å²) in [5, 5.41) is 0. The molecule has 0 spiro atoms. The molecule has 0 radical (unpaired) electrons. The van der Waals surface area contributed by atoms with Gasteiger partial charge in [-0.15, -0.1) is 0 Å². The van der Waals surface area contributed by atoms with Crippen molar-refractivity contribution >= 4 is 5.97 Å². The van der Waals surface area contributed by atoms with Crippen LogP contribution in [0.4, 0.5) is 0 Å². The molecule has 0 aliphatic heterocycles. The van der Waals surface area contributed by atoms with Gasteiger partial charge in [-0.1, -0.05) is 30.3 Å². The Bertz CT molecular complexity index is 353. The molecule has 0 aliphatic rings. The predicted molar refractivity (Wildman–Crippen MR) is 70.2 cm³/mol. The monoisotopic (exact) mass is 251 g/mol. The summed E-state index contributed by atoms with van der Waals surface area (Å²) in [6, 6.07) is 9.37. The molecule has 1 aromatic rings. The van der Waals surface area contributed by atoms with E-state index in [-0.39, 0.29) is 12.1 Å². The normalized spacial score (nSPS) is 13.9. The molecule has 0 saturated heterocycles. The predicted octanol–water partition coefficient (Wildman–Crippen LogP) is 1.52. The molecule has 0 aromatic heterocycles. The van der Waals surface area contributed by atoms with Gasteiger partial charge in [0.05, 0.1) is 6.61 Å². The SMILES string of the molecule is COCC(C)OC(=O)C(N)CCc1ccccc1. The van der Waals surface area contributed by atoms with Gasteiger partial charge in [0.1, 0.15) is 12.1 Å². The van der Waals surface area contributed by atoms with Gasteiger partial charge >= 0.3 is 5.97 Å². The lowest BCUT2D eigenvalue weighted by Crippen LogP contribution is -2.35. The van der Waals surface area contributed by atoms with Crippen LogP contribution in [0.5, 0.6) is 0 Å². The fourth-order valence-electron chi connectivity index (χ4n) is 1.64. The number of rotatable bonds is 7. The summed E-state index contributed by atoms with van der Waals surface area (Å²) in [4.78, 5) is 11.6. The summed E-state index contributed by atoms with van der Waals surface area (Å²) < 4.78 is 10.0. The summed E-state index contributed by atoms with van der Waals surface area (Å²) in [5.41, 5.74) is 6.97. The van der Waals surface area contributed by atoms with E-state index < -0.39 is 6.04 Å². The van der Waals surface area contributed by atoms with Crippen LogP contribution >= 0.6 is 0 Å². The van der Waals surface area contributed by atoms with E-state index in [4.69, 9.17) is 15.2 Å². The second kappa shape index (κ2) is 7.84. The third kappa shape index (κ3) is 5.29. The van der Waals surface area contributed by atoms with Crippen molar-refractivity contribution in [2.75, 3.05) is 13.7 Å². The van der Waals surface area contributed by atoms with E-state index in [2.05, 4.69) is 0 Å². The number of nitrogens with two attached hydrogens (primary N) is 1. The second-order valence-electron chi connectivity index (χ2n) is 4.33. The van der Waals surface area contributed by atoms with Gasteiger partial charge < -0.3 is 15.2 Å². The van der Waals surface area contributed by atoms with Crippen LogP contribution in [0.1, 0.15) is 18.9 Å². The maximum atomic E-state index is 11.6. The van der Waals surface area contributed by atoms with Gasteiger partial charge in [-0.05, 0) is 25.3 Å². The maximum Gasteiger partial charge on any atom is 0.323 e. The summed E-state index contributed by atoms with van der Waals surface area (Å²) in [6.07, 6.45) is 1.10. The van der Waals surface area contributed by atoms with Crippen LogP contribution in [-0.4, -0.2) is 31.8 Å². The molecule has 18 heavy (non-hydrogen) atoms. The highest BCUT2D eigenvalue weighted by atomic mass is 16.6. The summed E-state index contributed by atoms with van der Waals surface area (Å²) in [6.45, 7) is 2.17. The van der Waals surface area contributed by atoms with Gasteiger partial charge in [0.2, 0.25) is 0 Å². The number of hydrogen-bond donors (Lipinski definition) is 1. The molecule has 2 atom stereocenters. The van der Waals surface area contributed by atoms with Gasteiger partial charge in [-0.2, -0.15) is 0 Å². The first-order valence-corrected chi connectivity index (χ1v) is 6.12. The number of hydrogen-bond acceptors (Lipinski definition) is 4. The van der Waals surface area contributed by atoms with Gasteiger partial charge in [-0.25, -0.2) is 0 Å². The minimum absolute atomic E-state index is 0.259. The number of carbonyl (C=O) groups excluding carboxylic acids is 1. The molecule has 0 heterocycles. The second-order valence-corrected chi connectivity index (χ2v) is 4.33. The molecule has 4 heteroatoms. The Labute approximate surface area is 108 Å². The van der Waals surface area contributed by atoms with Crippen molar-refractivity contribution in [1.29, 1.82) is 0 Å². The van der Waals surface area contributed by atoms with E-state index in [1.54, 1.807) is 14.0 Å². The quantitative estimate of drug-likeness (QED) is 0.746. The molecule has 1 rings (SSSR count). The number of benzene rings is 1. The molecule has 2 unspecified atom stereocenters. The molecule has 0 fully saturated rings. The van der Waals surface area contributed by atoms with Crippen molar-refractivity contribution in [1.82, 2.24) is 0 Å². The average Bonchev–Trinajstić information content (AvgIpc) is 2.37. The Kier molecular flexibility index (Phi) is 6.39. The van der Waals surface area contributed by atoms with Gasteiger partial charge in [-0.3, -0.25) is 4.79 Å². The first kappa shape index (κ1) is 14.7. The number of ether oxygens (including phenoxy) is 2. The topological polar surface area (TPSA) is 61.5 Å². The van der Waals surface area contributed by atoms with Crippen molar-refractivity contribution in [3.63, 3.8) is 0 Å². The van der Waals surface area contributed by atoms with Gasteiger partial charge in [0, 0.05) is 7.11 Å². The molecule has 0 aliphatic carbocycles. The maximum absolute atomic E-state index is 11.6. The zero-order valence-electron chi connectivity index (χ0n) is 11.0. The van der Waals surface area contributed by atoms with Crippen LogP contribution in [0.2, 0.25) is 0 Å². The number of aryl methyl sites for hydroxylation is 1. The highest BCUT2D eigenvalue weighted by Gasteiger charge is 2.17. The lowest BCUT2D eigenvalue weighted by molar-refractivity contribution is -0.152. The first-order valence-electron chi connectivity index (χ1n) is 6.12. The van der Waals surface area contributed by atoms with Crippen molar-refractivity contribution in [2.24, 2.45) is 5.73 Å². The summed E-state index contributed by atoms with van der Waals surface area (Å²) in [7, 11) is 1.57. The van der Waals surface area contributed by atoms with Crippen LogP contribution in [0.15, 0.2) is 30.3 Å². The van der Waals surface area contributed by atoms with Crippen molar-refractivity contribution in [3.05, 3.63) is 35.9 Å². The third-order valence-electron chi connectivity index (χ3n) is 2.61. The minimum atomic E-state index is -0.579. The zero-order valence-corrected chi connectivity index (χ0v) is 11.0. The van der Waals surface area contributed by atoms with Crippen LogP contribution in [0, 0.1) is 0 Å². The van der Waals surface area contributed by atoms with E-state index in [0.29, 0.717) is 13.0 Å². The van der Waals surface area contributed by atoms with Gasteiger partial charge in [0.25, 0.3) is 0 Å². The molecule has 0 bridgehead atoms. The van der Waals surface area contributed by atoms with E-state index in [0.717, 1.165) is 6.42 Å². The van der Waals surface area contributed by atoms with Crippen molar-refractivity contribution in [2.45, 2.75) is 31.9 Å². The Morgan fingerprint density at radius 1 is 1.33 bits per heavy atom. The van der Waals surface area contributed by atoms with Crippen LogP contribution in [0.25, 0.3) is 0 Å². The highest BCUT2D eigenvalue weighted by molar-refractivity contribution is 5.75. The summed E-state index contributed by atoms with van der Waals surface area (Å²) in [5.74, 6) is -0.365. The van der Waals surface area contributed by atoms with Crippen molar-refractivity contribution in [3.8, 4) is 0 Å². The van der Waals surface area contributed by atoms with Crippen LogP contribution in [0.3, 0.4) is 0 Å². The number of methoxy groups -OCH3 is 1. The summed E-state index contributed by atoms with van der Waals surface area (Å²) >= 11 is 0. The fraction of sp³-hybridized carbons (Fsp3) is 0.500. The van der Waals surface area contributed by atoms with Crippen LogP contribution < -0.4 is 5.73 Å². The molecule has 1 aromatic carbocycles. The van der Waals surface area contributed by atoms with E-state index in [9.17, 15) is 4.79 Å². The lowest BCUT2D eigenvalue weighted by atomic mass is 10.1. The Hall–Kier alpha value is -1.39.